The van der Waals surface area contributed by atoms with E-state index in [0.29, 0.717) is 17.3 Å². The molecule has 4 rings (SSSR count). The number of aromatic nitrogens is 1. The number of carbonyl (C=O) groups excluding carboxylic acids is 1. The van der Waals surface area contributed by atoms with Crippen molar-refractivity contribution in [2.45, 2.75) is 13.5 Å². The zero-order valence-corrected chi connectivity index (χ0v) is 17.7. The Bertz CT molecular complexity index is 1330. The Balaban J connectivity index is 1.67. The lowest BCUT2D eigenvalue weighted by Gasteiger charge is -2.06. The number of aryl methyl sites for hydroxylation is 1. The topological polar surface area (TPSA) is 57.8 Å². The van der Waals surface area contributed by atoms with E-state index in [1.807, 2.05) is 36.5 Å². The monoisotopic (exact) mass is 425 g/mol. The molecular weight excluding hydrogens is 406 g/mol. The van der Waals surface area contributed by atoms with Crippen molar-refractivity contribution in [1.29, 1.82) is 5.26 Å². The summed E-state index contributed by atoms with van der Waals surface area (Å²) in [5, 5.41) is 13.8. The summed E-state index contributed by atoms with van der Waals surface area (Å²) >= 11 is 5.98. The van der Waals surface area contributed by atoms with Crippen LogP contribution in [0, 0.1) is 18.3 Å². The summed E-state index contributed by atoms with van der Waals surface area (Å²) in [5.41, 5.74) is 4.83. The van der Waals surface area contributed by atoms with E-state index in [2.05, 4.69) is 41.1 Å². The van der Waals surface area contributed by atoms with Gasteiger partial charge < -0.3 is 9.88 Å². The largest absolute Gasteiger partial charge is 0.342 e. The maximum Gasteiger partial charge on any atom is 0.266 e. The summed E-state index contributed by atoms with van der Waals surface area (Å²) in [6.45, 7) is 2.76. The lowest BCUT2D eigenvalue weighted by Crippen LogP contribution is -2.13. The molecule has 3 aromatic carbocycles. The van der Waals surface area contributed by atoms with Crippen LogP contribution in [0.3, 0.4) is 0 Å². The second-order valence-electron chi connectivity index (χ2n) is 7.35. The van der Waals surface area contributed by atoms with Crippen molar-refractivity contribution < 1.29 is 4.79 Å². The Hall–Kier alpha value is -3.81. The van der Waals surface area contributed by atoms with Gasteiger partial charge in [0.15, 0.2) is 0 Å². The first-order chi connectivity index (χ1) is 15.0. The number of carbonyl (C=O) groups is 1. The average Bonchev–Trinajstić information content (AvgIpc) is 3.11. The minimum absolute atomic E-state index is 0.0261. The highest BCUT2D eigenvalue weighted by Gasteiger charge is 2.13. The van der Waals surface area contributed by atoms with Crippen LogP contribution in [-0.2, 0) is 11.3 Å². The second-order valence-corrected chi connectivity index (χ2v) is 7.79. The van der Waals surface area contributed by atoms with Crippen LogP contribution >= 0.6 is 11.6 Å². The fraction of sp³-hybridized carbons (Fsp3) is 0.0769. The maximum absolute atomic E-state index is 12.7. The molecule has 1 heterocycles. The Labute approximate surface area is 186 Å². The van der Waals surface area contributed by atoms with Gasteiger partial charge in [-0.1, -0.05) is 65.7 Å². The van der Waals surface area contributed by atoms with Crippen molar-refractivity contribution in [1.82, 2.24) is 4.57 Å². The number of nitrogens with one attached hydrogen (secondary N) is 1. The highest BCUT2D eigenvalue weighted by atomic mass is 35.5. The Morgan fingerprint density at radius 1 is 1.10 bits per heavy atom. The predicted molar refractivity (Wildman–Crippen MR) is 126 cm³/mol. The summed E-state index contributed by atoms with van der Waals surface area (Å²) in [7, 11) is 0. The number of hydrogen-bond acceptors (Lipinski definition) is 2. The van der Waals surface area contributed by atoms with Crippen LogP contribution in [0.2, 0.25) is 5.02 Å². The van der Waals surface area contributed by atoms with Crippen molar-refractivity contribution >= 4 is 40.2 Å². The van der Waals surface area contributed by atoms with Crippen molar-refractivity contribution in [3.63, 3.8) is 0 Å². The molecule has 5 heteroatoms. The van der Waals surface area contributed by atoms with Gasteiger partial charge in [0.1, 0.15) is 11.6 Å². The van der Waals surface area contributed by atoms with Gasteiger partial charge in [-0.05, 0) is 42.8 Å². The molecule has 4 aromatic rings. The summed E-state index contributed by atoms with van der Waals surface area (Å²) < 4.78 is 2.13. The number of nitrogens with zero attached hydrogens (tertiary/aromatic N) is 2. The minimum Gasteiger partial charge on any atom is -0.342 e. The first-order valence-corrected chi connectivity index (χ1v) is 10.2. The quantitative estimate of drug-likeness (QED) is 0.306. The first kappa shape index (κ1) is 20.5. The zero-order chi connectivity index (χ0) is 21.8. The molecule has 0 radical (unpaired) electrons. The summed E-state index contributed by atoms with van der Waals surface area (Å²) in [4.78, 5) is 12.7. The molecule has 31 heavy (non-hydrogen) atoms. The third-order valence-electron chi connectivity index (χ3n) is 5.04. The van der Waals surface area contributed by atoms with Crippen LogP contribution < -0.4 is 5.32 Å². The first-order valence-electron chi connectivity index (χ1n) is 9.85. The molecule has 0 spiro atoms. The minimum atomic E-state index is -0.472. The smallest absolute Gasteiger partial charge is 0.266 e. The fourth-order valence-corrected chi connectivity index (χ4v) is 3.67. The van der Waals surface area contributed by atoms with E-state index >= 15 is 0 Å². The molecule has 0 bridgehead atoms. The summed E-state index contributed by atoms with van der Waals surface area (Å²) in [6, 6.07) is 25.2. The lowest BCUT2D eigenvalue weighted by molar-refractivity contribution is -0.112. The van der Waals surface area contributed by atoms with Crippen LogP contribution in [0.1, 0.15) is 16.7 Å². The molecular formula is C26H20ClN3O. The van der Waals surface area contributed by atoms with Crippen LogP contribution in [0.25, 0.3) is 17.0 Å². The standard InChI is InChI=1S/C26H20ClN3O/c1-18-9-11-19(12-10-18)16-30-17-21(24-7-2-3-8-25(24)30)13-20(15-28)26(31)29-23-6-4-5-22(27)14-23/h2-14,17H,16H2,1H3,(H,29,31)/b20-13+. The second kappa shape index (κ2) is 8.91. The van der Waals surface area contributed by atoms with E-state index in [4.69, 9.17) is 11.6 Å². The summed E-state index contributed by atoms with van der Waals surface area (Å²) in [6.07, 6.45) is 3.61. The molecule has 0 fully saturated rings. The summed E-state index contributed by atoms with van der Waals surface area (Å²) in [5.74, 6) is -0.472. The lowest BCUT2D eigenvalue weighted by atomic mass is 10.1. The highest BCUT2D eigenvalue weighted by molar-refractivity contribution is 6.31. The predicted octanol–water partition coefficient (Wildman–Crippen LogP) is 6.20. The molecule has 1 amide bonds. The van der Waals surface area contributed by atoms with Crippen molar-refractivity contribution in [2.24, 2.45) is 0 Å². The number of nitriles is 1. The normalized spacial score (nSPS) is 11.3. The number of para-hydroxylation sites is 1. The molecule has 0 aliphatic rings. The van der Waals surface area contributed by atoms with E-state index in [1.54, 1.807) is 30.3 Å². The molecule has 152 valence electrons. The van der Waals surface area contributed by atoms with E-state index in [1.165, 1.54) is 11.1 Å². The van der Waals surface area contributed by atoms with Crippen LogP contribution in [0.4, 0.5) is 5.69 Å². The highest BCUT2D eigenvalue weighted by Crippen LogP contribution is 2.25. The van der Waals surface area contributed by atoms with Gasteiger partial charge in [0.2, 0.25) is 0 Å². The molecule has 1 N–H and O–H groups in total. The van der Waals surface area contributed by atoms with Gasteiger partial charge in [0.05, 0.1) is 0 Å². The van der Waals surface area contributed by atoms with Crippen molar-refractivity contribution in [2.75, 3.05) is 5.32 Å². The fourth-order valence-electron chi connectivity index (χ4n) is 3.48. The Morgan fingerprint density at radius 3 is 2.61 bits per heavy atom. The molecule has 0 saturated carbocycles. The molecule has 0 aliphatic heterocycles. The molecule has 0 unspecified atom stereocenters. The third-order valence-corrected chi connectivity index (χ3v) is 5.28. The Kier molecular flexibility index (Phi) is 5.88. The third kappa shape index (κ3) is 4.69. The van der Waals surface area contributed by atoms with E-state index < -0.39 is 5.91 Å². The molecule has 1 aromatic heterocycles. The van der Waals surface area contributed by atoms with Gasteiger partial charge in [0, 0.05) is 39.9 Å². The number of anilines is 1. The number of rotatable bonds is 5. The van der Waals surface area contributed by atoms with E-state index in [-0.39, 0.29) is 5.57 Å². The number of hydrogen-bond donors (Lipinski definition) is 1. The van der Waals surface area contributed by atoms with Gasteiger partial charge in [-0.3, -0.25) is 4.79 Å². The van der Waals surface area contributed by atoms with Crippen molar-refractivity contribution in [3.05, 3.63) is 106 Å². The van der Waals surface area contributed by atoms with Crippen LogP contribution in [0.5, 0.6) is 0 Å². The number of benzene rings is 3. The van der Waals surface area contributed by atoms with Gasteiger partial charge in [-0.15, -0.1) is 0 Å². The Morgan fingerprint density at radius 2 is 1.87 bits per heavy atom. The number of amides is 1. The van der Waals surface area contributed by atoms with Gasteiger partial charge in [0.25, 0.3) is 5.91 Å². The van der Waals surface area contributed by atoms with Gasteiger partial charge in [-0.25, -0.2) is 0 Å². The number of fused-ring (bicyclic) bond motifs is 1. The van der Waals surface area contributed by atoms with Gasteiger partial charge >= 0.3 is 0 Å². The van der Waals surface area contributed by atoms with Gasteiger partial charge in [-0.2, -0.15) is 5.26 Å². The SMILES string of the molecule is Cc1ccc(Cn2cc(/C=C(\C#N)C(=O)Nc3cccc(Cl)c3)c3ccccc32)cc1. The number of halogens is 1. The van der Waals surface area contributed by atoms with E-state index in [0.717, 1.165) is 16.5 Å². The molecule has 0 aliphatic carbocycles. The van der Waals surface area contributed by atoms with E-state index in [9.17, 15) is 10.1 Å². The van der Waals surface area contributed by atoms with Crippen LogP contribution in [-0.4, -0.2) is 10.5 Å². The molecule has 4 nitrogen and oxygen atoms in total. The zero-order valence-electron chi connectivity index (χ0n) is 17.0. The molecule has 0 atom stereocenters. The average molecular weight is 426 g/mol. The molecule has 0 saturated heterocycles. The van der Waals surface area contributed by atoms with Crippen LogP contribution in [0.15, 0.2) is 84.6 Å². The maximum atomic E-state index is 12.7. The van der Waals surface area contributed by atoms with Crippen molar-refractivity contribution in [3.8, 4) is 6.07 Å².